The lowest BCUT2D eigenvalue weighted by atomic mass is 9.97. The van der Waals surface area contributed by atoms with Crippen molar-refractivity contribution in [1.82, 2.24) is 0 Å². The zero-order valence-electron chi connectivity index (χ0n) is 13.7. The minimum atomic E-state index is -0.527. The molecule has 3 nitrogen and oxygen atoms in total. The topological polar surface area (TPSA) is 55.5 Å². The average Bonchev–Trinajstić information content (AvgIpc) is 2.52. The molecule has 1 aromatic rings. The molecular formula is C18H31NO2. The van der Waals surface area contributed by atoms with Crippen molar-refractivity contribution >= 4 is 0 Å². The van der Waals surface area contributed by atoms with Gasteiger partial charge in [-0.05, 0) is 48.9 Å². The Morgan fingerprint density at radius 1 is 1.19 bits per heavy atom. The van der Waals surface area contributed by atoms with Gasteiger partial charge < -0.3 is 15.6 Å². The Hall–Kier alpha value is -1.06. The van der Waals surface area contributed by atoms with E-state index in [1.54, 1.807) is 0 Å². The molecule has 0 aliphatic rings. The van der Waals surface area contributed by atoms with Gasteiger partial charge in [0.2, 0.25) is 0 Å². The normalized spacial score (nSPS) is 14.2. The number of aliphatic hydroxyl groups excluding tert-OH is 1. The third-order valence-corrected chi connectivity index (χ3v) is 3.99. The second-order valence-electron chi connectivity index (χ2n) is 5.98. The molecule has 0 aliphatic carbocycles. The molecule has 0 saturated carbocycles. The van der Waals surface area contributed by atoms with Crippen molar-refractivity contribution in [3.8, 4) is 5.75 Å². The second-order valence-corrected chi connectivity index (χ2v) is 5.98. The van der Waals surface area contributed by atoms with Crippen LogP contribution < -0.4 is 10.5 Å². The number of ether oxygens (including phenoxy) is 1. The highest BCUT2D eigenvalue weighted by molar-refractivity contribution is 5.30. The number of aliphatic hydroxyl groups is 1. The Morgan fingerprint density at radius 2 is 1.86 bits per heavy atom. The van der Waals surface area contributed by atoms with Gasteiger partial charge in [-0.15, -0.1) is 0 Å². The number of hydrogen-bond donors (Lipinski definition) is 2. The second kappa shape index (κ2) is 9.80. The lowest BCUT2D eigenvalue weighted by Crippen LogP contribution is -2.19. The predicted molar refractivity (Wildman–Crippen MR) is 88.4 cm³/mol. The van der Waals surface area contributed by atoms with Crippen molar-refractivity contribution in [2.75, 3.05) is 13.2 Å². The number of benzene rings is 1. The average molecular weight is 293 g/mol. The van der Waals surface area contributed by atoms with Crippen molar-refractivity contribution < 1.29 is 9.84 Å². The molecule has 0 aromatic heterocycles. The first-order chi connectivity index (χ1) is 10.1. The van der Waals surface area contributed by atoms with E-state index in [1.807, 2.05) is 31.2 Å². The Kier molecular flexibility index (Phi) is 8.40. The van der Waals surface area contributed by atoms with E-state index in [2.05, 4.69) is 13.8 Å². The van der Waals surface area contributed by atoms with Gasteiger partial charge in [0.25, 0.3) is 0 Å². The summed E-state index contributed by atoms with van der Waals surface area (Å²) in [4.78, 5) is 0. The fourth-order valence-corrected chi connectivity index (χ4v) is 2.59. The zero-order valence-corrected chi connectivity index (χ0v) is 13.7. The van der Waals surface area contributed by atoms with Crippen molar-refractivity contribution in [1.29, 1.82) is 0 Å². The lowest BCUT2D eigenvalue weighted by Gasteiger charge is -2.19. The minimum absolute atomic E-state index is 0.0492. The number of hydrogen-bond acceptors (Lipinski definition) is 3. The van der Waals surface area contributed by atoms with Crippen LogP contribution in [0.15, 0.2) is 24.3 Å². The quantitative estimate of drug-likeness (QED) is 0.687. The van der Waals surface area contributed by atoms with Crippen molar-refractivity contribution in [2.45, 2.75) is 52.6 Å². The molecule has 21 heavy (non-hydrogen) atoms. The van der Waals surface area contributed by atoms with Crippen LogP contribution in [0, 0.1) is 11.8 Å². The van der Waals surface area contributed by atoms with Crippen LogP contribution >= 0.6 is 0 Å². The van der Waals surface area contributed by atoms with Crippen molar-refractivity contribution in [3.05, 3.63) is 29.8 Å². The summed E-state index contributed by atoms with van der Waals surface area (Å²) in [5.41, 5.74) is 6.50. The molecule has 2 atom stereocenters. The van der Waals surface area contributed by atoms with Gasteiger partial charge in [-0.3, -0.25) is 0 Å². The van der Waals surface area contributed by atoms with E-state index in [0.717, 1.165) is 17.9 Å². The molecule has 0 unspecified atom stereocenters. The highest BCUT2D eigenvalue weighted by Gasteiger charge is 2.15. The Labute approximate surface area is 129 Å². The highest BCUT2D eigenvalue weighted by atomic mass is 16.5. The third kappa shape index (κ3) is 6.06. The summed E-state index contributed by atoms with van der Waals surface area (Å²) in [6.07, 6.45) is 4.28. The summed E-state index contributed by atoms with van der Waals surface area (Å²) >= 11 is 0. The van der Waals surface area contributed by atoms with Gasteiger partial charge in [0.05, 0.1) is 12.7 Å². The van der Waals surface area contributed by atoms with Crippen LogP contribution in [0.4, 0.5) is 0 Å². The van der Waals surface area contributed by atoms with Gasteiger partial charge in [0, 0.05) is 0 Å². The Balaban J connectivity index is 2.63. The largest absolute Gasteiger partial charge is 0.493 e. The van der Waals surface area contributed by atoms with E-state index in [9.17, 15) is 5.11 Å². The first kappa shape index (κ1) is 18.0. The van der Waals surface area contributed by atoms with Gasteiger partial charge in [-0.1, -0.05) is 45.7 Å². The van der Waals surface area contributed by atoms with Crippen LogP contribution in [0.2, 0.25) is 0 Å². The van der Waals surface area contributed by atoms with Gasteiger partial charge in [0.15, 0.2) is 0 Å². The summed E-state index contributed by atoms with van der Waals surface area (Å²) in [7, 11) is 0. The molecule has 1 rings (SSSR count). The van der Waals surface area contributed by atoms with E-state index in [1.165, 1.54) is 25.7 Å². The van der Waals surface area contributed by atoms with Crippen LogP contribution in [-0.2, 0) is 0 Å². The maximum Gasteiger partial charge on any atom is 0.119 e. The highest BCUT2D eigenvalue weighted by Crippen LogP contribution is 2.25. The minimum Gasteiger partial charge on any atom is -0.493 e. The molecule has 0 heterocycles. The molecule has 0 radical (unpaired) electrons. The van der Waals surface area contributed by atoms with Crippen LogP contribution in [0.25, 0.3) is 0 Å². The van der Waals surface area contributed by atoms with Crippen LogP contribution in [0.3, 0.4) is 0 Å². The summed E-state index contributed by atoms with van der Waals surface area (Å²) in [6, 6.07) is 7.76. The van der Waals surface area contributed by atoms with Gasteiger partial charge >= 0.3 is 0 Å². The molecule has 1 aromatic carbocycles. The van der Waals surface area contributed by atoms with E-state index >= 15 is 0 Å². The molecule has 120 valence electrons. The standard InChI is InChI=1S/C18H31NO2/c1-4-7-15(8-5-2)13-21-17-10-6-9-16(11-17)18(20)14(3)12-19/h6,9-11,14-15,18,20H,4-5,7-8,12-13,19H2,1-3H3/t14-,18+/m1/s1. The van der Waals surface area contributed by atoms with Gasteiger partial charge in [-0.2, -0.15) is 0 Å². The van der Waals surface area contributed by atoms with Crippen molar-refractivity contribution in [2.24, 2.45) is 17.6 Å². The SMILES string of the molecule is CCCC(CCC)COc1cccc([C@@H](O)[C@H](C)CN)c1. The van der Waals surface area contributed by atoms with Gasteiger partial charge in [-0.25, -0.2) is 0 Å². The molecule has 0 spiro atoms. The first-order valence-corrected chi connectivity index (χ1v) is 8.23. The van der Waals surface area contributed by atoms with E-state index < -0.39 is 6.10 Å². The summed E-state index contributed by atoms with van der Waals surface area (Å²) in [6.45, 7) is 7.62. The first-order valence-electron chi connectivity index (χ1n) is 8.23. The molecule has 3 N–H and O–H groups in total. The number of rotatable bonds is 10. The molecular weight excluding hydrogens is 262 g/mol. The Morgan fingerprint density at radius 3 is 2.43 bits per heavy atom. The van der Waals surface area contributed by atoms with E-state index in [0.29, 0.717) is 12.5 Å². The fourth-order valence-electron chi connectivity index (χ4n) is 2.59. The molecule has 0 saturated heterocycles. The Bertz CT molecular complexity index is 389. The third-order valence-electron chi connectivity index (χ3n) is 3.99. The van der Waals surface area contributed by atoms with Crippen LogP contribution in [0.5, 0.6) is 5.75 Å². The summed E-state index contributed by atoms with van der Waals surface area (Å²) in [5.74, 6) is 1.51. The smallest absolute Gasteiger partial charge is 0.119 e. The molecule has 3 heteroatoms. The molecule has 0 aliphatic heterocycles. The van der Waals surface area contributed by atoms with Crippen molar-refractivity contribution in [3.63, 3.8) is 0 Å². The zero-order chi connectivity index (χ0) is 15.7. The molecule has 0 bridgehead atoms. The monoisotopic (exact) mass is 293 g/mol. The predicted octanol–water partition coefficient (Wildman–Crippen LogP) is 3.91. The molecule has 0 fully saturated rings. The summed E-state index contributed by atoms with van der Waals surface area (Å²) in [5, 5.41) is 10.2. The summed E-state index contributed by atoms with van der Waals surface area (Å²) < 4.78 is 5.94. The van der Waals surface area contributed by atoms with E-state index in [-0.39, 0.29) is 5.92 Å². The maximum atomic E-state index is 10.2. The maximum absolute atomic E-state index is 10.2. The fraction of sp³-hybridized carbons (Fsp3) is 0.667. The van der Waals surface area contributed by atoms with Crippen LogP contribution in [-0.4, -0.2) is 18.3 Å². The van der Waals surface area contributed by atoms with Gasteiger partial charge in [0.1, 0.15) is 5.75 Å². The van der Waals surface area contributed by atoms with Crippen LogP contribution in [0.1, 0.15) is 58.1 Å². The lowest BCUT2D eigenvalue weighted by molar-refractivity contribution is 0.121. The number of nitrogens with two attached hydrogens (primary N) is 1. The molecule has 0 amide bonds. The van der Waals surface area contributed by atoms with E-state index in [4.69, 9.17) is 10.5 Å².